The van der Waals surface area contributed by atoms with Gasteiger partial charge < -0.3 is 10.1 Å². The van der Waals surface area contributed by atoms with Crippen LogP contribution in [-0.2, 0) is 32.2 Å². The standard InChI is InChI=1S/C25H20ClF3N2O5S/c1-15-11-16-5-2-3-8-22(16)31(15)37(34,35)19-7-4-6-17(12-19)24(33)36-14-23(32)30-21-13-18(25(27,28)29)9-10-20(21)26/h2-10,12-13,15H,11,14H2,1H3,(H,30,32)/t15-/m0/s1. The number of ether oxygens (including phenoxy) is 1. The van der Waals surface area contributed by atoms with Crippen LogP contribution in [0.5, 0.6) is 0 Å². The molecule has 0 saturated heterocycles. The number of hydrogen-bond acceptors (Lipinski definition) is 5. The molecule has 0 bridgehead atoms. The van der Waals surface area contributed by atoms with Gasteiger partial charge in [-0.05, 0) is 61.4 Å². The molecular formula is C25H20ClF3N2O5S. The first-order valence-corrected chi connectivity index (χ1v) is 12.8. The predicted molar refractivity (Wildman–Crippen MR) is 131 cm³/mol. The summed E-state index contributed by atoms with van der Waals surface area (Å²) < 4.78 is 71.8. The molecule has 12 heteroatoms. The molecule has 0 spiro atoms. The van der Waals surface area contributed by atoms with Crippen LogP contribution in [0.25, 0.3) is 0 Å². The number of carbonyl (C=O) groups excluding carboxylic acids is 2. The quantitative estimate of drug-likeness (QED) is 0.419. The molecule has 7 nitrogen and oxygen atoms in total. The van der Waals surface area contributed by atoms with E-state index >= 15 is 0 Å². The minimum Gasteiger partial charge on any atom is -0.452 e. The van der Waals surface area contributed by atoms with Gasteiger partial charge in [-0.3, -0.25) is 9.10 Å². The molecule has 3 aromatic rings. The molecule has 3 aromatic carbocycles. The van der Waals surface area contributed by atoms with Crippen molar-refractivity contribution in [2.45, 2.75) is 30.5 Å². The molecule has 1 amide bonds. The fraction of sp³-hybridized carbons (Fsp3) is 0.200. The lowest BCUT2D eigenvalue weighted by Gasteiger charge is -2.24. The van der Waals surface area contributed by atoms with Crippen LogP contribution in [0.1, 0.15) is 28.4 Å². The number of alkyl halides is 3. The van der Waals surface area contributed by atoms with Crippen molar-refractivity contribution in [2.24, 2.45) is 0 Å². The van der Waals surface area contributed by atoms with E-state index in [0.29, 0.717) is 18.2 Å². The van der Waals surface area contributed by atoms with Crippen LogP contribution in [-0.4, -0.2) is 32.9 Å². The van der Waals surface area contributed by atoms with E-state index in [2.05, 4.69) is 5.32 Å². The molecule has 0 unspecified atom stereocenters. The Morgan fingerprint density at radius 1 is 1.08 bits per heavy atom. The van der Waals surface area contributed by atoms with E-state index in [-0.39, 0.29) is 27.2 Å². The minimum atomic E-state index is -4.64. The Morgan fingerprint density at radius 2 is 1.81 bits per heavy atom. The number of sulfonamides is 1. The van der Waals surface area contributed by atoms with Gasteiger partial charge in [-0.2, -0.15) is 13.2 Å². The Kier molecular flexibility index (Phi) is 7.20. The highest BCUT2D eigenvalue weighted by Crippen LogP contribution is 2.37. The molecule has 4 rings (SSSR count). The van der Waals surface area contributed by atoms with Gasteiger partial charge in [0.05, 0.1) is 32.4 Å². The number of anilines is 2. The van der Waals surface area contributed by atoms with E-state index in [4.69, 9.17) is 16.3 Å². The van der Waals surface area contributed by atoms with Gasteiger partial charge in [0.25, 0.3) is 15.9 Å². The zero-order valence-electron chi connectivity index (χ0n) is 19.3. The molecule has 1 aliphatic heterocycles. The molecule has 0 radical (unpaired) electrons. The van der Waals surface area contributed by atoms with Gasteiger partial charge in [-0.15, -0.1) is 0 Å². The number of fused-ring (bicyclic) bond motifs is 1. The third-order valence-corrected chi connectivity index (χ3v) is 7.93. The van der Waals surface area contributed by atoms with Crippen molar-refractivity contribution < 1.29 is 35.9 Å². The lowest BCUT2D eigenvalue weighted by atomic mass is 10.1. The minimum absolute atomic E-state index is 0.119. The fourth-order valence-corrected chi connectivity index (χ4v) is 5.90. The molecule has 1 N–H and O–H groups in total. The summed E-state index contributed by atoms with van der Waals surface area (Å²) >= 11 is 5.85. The number of nitrogens with zero attached hydrogens (tertiary/aromatic N) is 1. The van der Waals surface area contributed by atoms with Gasteiger partial charge in [-0.1, -0.05) is 35.9 Å². The number of carbonyl (C=O) groups is 2. The zero-order valence-corrected chi connectivity index (χ0v) is 20.8. The zero-order chi connectivity index (χ0) is 27.0. The Bertz CT molecular complexity index is 1480. The van der Waals surface area contributed by atoms with Gasteiger partial charge in [0.2, 0.25) is 0 Å². The van der Waals surface area contributed by atoms with Gasteiger partial charge in [0.1, 0.15) is 0 Å². The Morgan fingerprint density at radius 3 is 2.54 bits per heavy atom. The van der Waals surface area contributed by atoms with Gasteiger partial charge in [0.15, 0.2) is 6.61 Å². The highest BCUT2D eigenvalue weighted by Gasteiger charge is 2.36. The summed E-state index contributed by atoms with van der Waals surface area (Å²) in [6, 6.07) is 14.4. The van der Waals surface area contributed by atoms with Crippen molar-refractivity contribution in [3.8, 4) is 0 Å². The average Bonchev–Trinajstić information content (AvgIpc) is 3.19. The molecule has 1 aliphatic rings. The number of benzene rings is 3. The van der Waals surface area contributed by atoms with Crippen LogP contribution < -0.4 is 9.62 Å². The fourth-order valence-electron chi connectivity index (χ4n) is 4.00. The monoisotopic (exact) mass is 552 g/mol. The first-order chi connectivity index (χ1) is 17.4. The Hall–Kier alpha value is -3.57. The second kappa shape index (κ2) is 10.1. The summed E-state index contributed by atoms with van der Waals surface area (Å²) in [6.07, 6.45) is -4.10. The van der Waals surface area contributed by atoms with Crippen LogP contribution >= 0.6 is 11.6 Å². The summed E-state index contributed by atoms with van der Waals surface area (Å²) in [7, 11) is -4.01. The largest absolute Gasteiger partial charge is 0.452 e. The van der Waals surface area contributed by atoms with Crippen molar-refractivity contribution in [3.05, 3.63) is 88.4 Å². The lowest BCUT2D eigenvalue weighted by Crippen LogP contribution is -2.35. The summed E-state index contributed by atoms with van der Waals surface area (Å²) in [5, 5.41) is 2.03. The van der Waals surface area contributed by atoms with E-state index in [1.165, 1.54) is 22.5 Å². The van der Waals surface area contributed by atoms with Crippen LogP contribution in [0.3, 0.4) is 0 Å². The number of rotatable bonds is 6. The van der Waals surface area contributed by atoms with E-state index in [1.807, 2.05) is 12.1 Å². The van der Waals surface area contributed by atoms with E-state index in [0.717, 1.165) is 23.8 Å². The predicted octanol–water partition coefficient (Wildman–Crippen LogP) is 5.29. The number of hydrogen-bond donors (Lipinski definition) is 1. The van der Waals surface area contributed by atoms with Crippen molar-refractivity contribution in [3.63, 3.8) is 0 Å². The van der Waals surface area contributed by atoms with E-state index < -0.39 is 40.2 Å². The van der Waals surface area contributed by atoms with Gasteiger partial charge in [-0.25, -0.2) is 13.2 Å². The summed E-state index contributed by atoms with van der Waals surface area (Å²) in [5.41, 5.74) is 0.0165. The second-order valence-corrected chi connectivity index (χ2v) is 10.5. The van der Waals surface area contributed by atoms with Crippen molar-refractivity contribution >= 4 is 44.9 Å². The Balaban J connectivity index is 1.46. The lowest BCUT2D eigenvalue weighted by molar-refractivity contribution is -0.137. The molecular weight excluding hydrogens is 533 g/mol. The van der Waals surface area contributed by atoms with Crippen molar-refractivity contribution in [2.75, 3.05) is 16.2 Å². The normalized spacial score (nSPS) is 15.3. The molecule has 1 atom stereocenters. The van der Waals surface area contributed by atoms with Crippen molar-refractivity contribution in [1.29, 1.82) is 0 Å². The van der Waals surface area contributed by atoms with Crippen molar-refractivity contribution in [1.82, 2.24) is 0 Å². The van der Waals surface area contributed by atoms with E-state index in [9.17, 15) is 31.2 Å². The summed E-state index contributed by atoms with van der Waals surface area (Å²) in [6.45, 7) is 0.948. The molecule has 194 valence electrons. The first kappa shape index (κ1) is 26.5. The third-order valence-electron chi connectivity index (χ3n) is 5.67. The Labute approximate surface area is 215 Å². The number of esters is 1. The van der Waals surface area contributed by atoms with Gasteiger partial charge in [0, 0.05) is 6.04 Å². The molecule has 37 heavy (non-hydrogen) atoms. The maximum absolute atomic E-state index is 13.4. The third kappa shape index (κ3) is 5.57. The molecule has 0 aliphatic carbocycles. The molecule has 0 fully saturated rings. The number of halogens is 4. The highest BCUT2D eigenvalue weighted by atomic mass is 35.5. The van der Waals surface area contributed by atoms with Crippen LogP contribution in [0.4, 0.5) is 24.5 Å². The number of para-hydroxylation sites is 1. The molecule has 1 heterocycles. The first-order valence-electron chi connectivity index (χ1n) is 10.9. The smallest absolute Gasteiger partial charge is 0.416 e. The van der Waals surface area contributed by atoms with Gasteiger partial charge >= 0.3 is 12.1 Å². The van der Waals surface area contributed by atoms with Crippen LogP contribution in [0, 0.1) is 0 Å². The number of nitrogens with one attached hydrogen (secondary N) is 1. The topological polar surface area (TPSA) is 92.8 Å². The molecule has 0 saturated carbocycles. The maximum Gasteiger partial charge on any atom is 0.416 e. The maximum atomic E-state index is 13.4. The SMILES string of the molecule is C[C@H]1Cc2ccccc2N1S(=O)(=O)c1cccc(C(=O)OCC(=O)Nc2cc(C(F)(F)F)ccc2Cl)c1. The van der Waals surface area contributed by atoms with Crippen LogP contribution in [0.2, 0.25) is 5.02 Å². The number of amides is 1. The summed E-state index contributed by atoms with van der Waals surface area (Å²) in [4.78, 5) is 24.6. The summed E-state index contributed by atoms with van der Waals surface area (Å²) in [5.74, 6) is -1.92. The van der Waals surface area contributed by atoms with Crippen LogP contribution in [0.15, 0.2) is 71.6 Å². The average molecular weight is 553 g/mol. The second-order valence-electron chi connectivity index (χ2n) is 8.33. The molecule has 0 aromatic heterocycles. The highest BCUT2D eigenvalue weighted by molar-refractivity contribution is 7.92. The van der Waals surface area contributed by atoms with E-state index in [1.54, 1.807) is 19.1 Å².